The Labute approximate surface area is 90.8 Å². The molecule has 0 fully saturated rings. The smallest absolute Gasteiger partial charge is 0.0733 e. The van der Waals surface area contributed by atoms with Crippen molar-refractivity contribution < 1.29 is 0 Å². The van der Waals surface area contributed by atoms with E-state index in [2.05, 4.69) is 56.1 Å². The zero-order valence-electron chi connectivity index (χ0n) is 9.41. The number of nitrogens with zero attached hydrogens (tertiary/aromatic N) is 1. The van der Waals surface area contributed by atoms with Gasteiger partial charge in [0.05, 0.1) is 5.69 Å². The molecule has 0 amide bonds. The molecule has 0 aliphatic rings. The number of rotatable bonds is 1. The molecule has 0 unspecified atom stereocenters. The van der Waals surface area contributed by atoms with Crippen LogP contribution in [0.2, 0.25) is 0 Å². The van der Waals surface area contributed by atoms with E-state index in [1.165, 1.54) is 22.3 Å². The van der Waals surface area contributed by atoms with E-state index in [0.29, 0.717) is 0 Å². The summed E-state index contributed by atoms with van der Waals surface area (Å²) in [6, 6.07) is 10.5. The summed E-state index contributed by atoms with van der Waals surface area (Å²) in [5.41, 5.74) is 6.06. The van der Waals surface area contributed by atoms with Crippen molar-refractivity contribution in [3.05, 3.63) is 53.2 Å². The second-order valence-electron chi connectivity index (χ2n) is 3.99. The Morgan fingerprint density at radius 1 is 0.933 bits per heavy atom. The maximum atomic E-state index is 4.51. The summed E-state index contributed by atoms with van der Waals surface area (Å²) >= 11 is 0. The molecular formula is C14H15N. The third kappa shape index (κ3) is 1.91. The fourth-order valence-corrected chi connectivity index (χ4v) is 1.84. The van der Waals surface area contributed by atoms with Crippen LogP contribution in [0.1, 0.15) is 16.7 Å². The maximum Gasteiger partial charge on any atom is 0.0733 e. The van der Waals surface area contributed by atoms with Crippen molar-refractivity contribution in [1.82, 2.24) is 4.98 Å². The summed E-state index contributed by atoms with van der Waals surface area (Å²) in [7, 11) is 0. The maximum absolute atomic E-state index is 4.51. The molecule has 1 heterocycles. The molecule has 0 aliphatic carbocycles. The first-order chi connectivity index (χ1) is 7.18. The van der Waals surface area contributed by atoms with E-state index in [0.717, 1.165) is 5.69 Å². The Balaban J connectivity index is 2.60. The Bertz CT molecular complexity index is 486. The van der Waals surface area contributed by atoms with Crippen LogP contribution in [0.3, 0.4) is 0 Å². The van der Waals surface area contributed by atoms with Gasteiger partial charge in [0.2, 0.25) is 0 Å². The lowest BCUT2D eigenvalue weighted by atomic mass is 10.0. The van der Waals surface area contributed by atoms with E-state index >= 15 is 0 Å². The lowest BCUT2D eigenvalue weighted by Gasteiger charge is -2.08. The minimum atomic E-state index is 1.10. The molecule has 2 rings (SSSR count). The van der Waals surface area contributed by atoms with Gasteiger partial charge in [-0.25, -0.2) is 0 Å². The molecule has 76 valence electrons. The van der Waals surface area contributed by atoms with E-state index in [4.69, 9.17) is 0 Å². The van der Waals surface area contributed by atoms with Crippen LogP contribution in [0.5, 0.6) is 0 Å². The largest absolute Gasteiger partial charge is 0.256 e. The Kier molecular flexibility index (Phi) is 2.55. The third-order valence-electron chi connectivity index (χ3n) is 2.62. The summed E-state index contributed by atoms with van der Waals surface area (Å²) in [4.78, 5) is 4.51. The van der Waals surface area contributed by atoms with E-state index in [1.807, 2.05) is 6.20 Å². The van der Waals surface area contributed by atoms with E-state index in [1.54, 1.807) is 0 Å². The highest BCUT2D eigenvalue weighted by atomic mass is 14.7. The zero-order valence-corrected chi connectivity index (χ0v) is 9.41. The summed E-state index contributed by atoms with van der Waals surface area (Å²) < 4.78 is 0. The fourth-order valence-electron chi connectivity index (χ4n) is 1.84. The molecule has 0 saturated carbocycles. The molecule has 0 spiro atoms. The Morgan fingerprint density at radius 2 is 1.67 bits per heavy atom. The molecule has 1 nitrogen and oxygen atoms in total. The molecule has 1 aromatic carbocycles. The summed E-state index contributed by atoms with van der Waals surface area (Å²) in [6.07, 6.45) is 1.93. The van der Waals surface area contributed by atoms with Crippen molar-refractivity contribution in [2.45, 2.75) is 20.8 Å². The van der Waals surface area contributed by atoms with Gasteiger partial charge in [0.25, 0.3) is 0 Å². The van der Waals surface area contributed by atoms with Crippen LogP contribution in [0, 0.1) is 20.8 Å². The first-order valence-electron chi connectivity index (χ1n) is 5.18. The van der Waals surface area contributed by atoms with Crippen molar-refractivity contribution in [2.75, 3.05) is 0 Å². The fraction of sp³-hybridized carbons (Fsp3) is 0.214. The average Bonchev–Trinajstić information content (AvgIpc) is 2.20. The van der Waals surface area contributed by atoms with Crippen molar-refractivity contribution >= 4 is 0 Å². The lowest BCUT2D eigenvalue weighted by molar-refractivity contribution is 1.21. The molecule has 1 aromatic heterocycles. The lowest BCUT2D eigenvalue weighted by Crippen LogP contribution is -1.91. The van der Waals surface area contributed by atoms with Crippen LogP contribution >= 0.6 is 0 Å². The van der Waals surface area contributed by atoms with E-state index in [-0.39, 0.29) is 0 Å². The van der Waals surface area contributed by atoms with Crippen molar-refractivity contribution in [2.24, 2.45) is 0 Å². The number of pyridine rings is 1. The van der Waals surface area contributed by atoms with Gasteiger partial charge < -0.3 is 0 Å². The first kappa shape index (κ1) is 9.91. The quantitative estimate of drug-likeness (QED) is 0.679. The van der Waals surface area contributed by atoms with Crippen molar-refractivity contribution in [3.63, 3.8) is 0 Å². The Hall–Kier alpha value is -1.63. The van der Waals surface area contributed by atoms with Gasteiger partial charge >= 0.3 is 0 Å². The van der Waals surface area contributed by atoms with Gasteiger partial charge in [-0.05, 0) is 37.5 Å². The van der Waals surface area contributed by atoms with Crippen LogP contribution in [0.4, 0.5) is 0 Å². The molecule has 0 bridgehead atoms. The van der Waals surface area contributed by atoms with Gasteiger partial charge in [-0.2, -0.15) is 0 Å². The Morgan fingerprint density at radius 3 is 2.33 bits per heavy atom. The summed E-state index contributed by atoms with van der Waals surface area (Å²) in [5, 5.41) is 0. The van der Waals surface area contributed by atoms with Gasteiger partial charge in [-0.15, -0.1) is 0 Å². The highest BCUT2D eigenvalue weighted by Gasteiger charge is 2.05. The molecule has 2 aromatic rings. The van der Waals surface area contributed by atoms with Crippen LogP contribution in [0.25, 0.3) is 11.3 Å². The van der Waals surface area contributed by atoms with Gasteiger partial charge in [-0.3, -0.25) is 4.98 Å². The summed E-state index contributed by atoms with van der Waals surface area (Å²) in [6.45, 7) is 6.31. The highest BCUT2D eigenvalue weighted by molar-refractivity contribution is 5.66. The average molecular weight is 197 g/mol. The molecule has 0 saturated heterocycles. The standard InChI is InChI=1S/C14H15N/c1-10-8-12(3)14(15-9-10)13-7-5-4-6-11(13)2/h4-9H,1-3H3. The number of hydrogen-bond donors (Lipinski definition) is 0. The topological polar surface area (TPSA) is 12.9 Å². The molecule has 1 heteroatoms. The third-order valence-corrected chi connectivity index (χ3v) is 2.62. The van der Waals surface area contributed by atoms with Crippen LogP contribution in [-0.2, 0) is 0 Å². The van der Waals surface area contributed by atoms with E-state index < -0.39 is 0 Å². The molecule has 0 aliphatic heterocycles. The molecule has 0 radical (unpaired) electrons. The molecule has 15 heavy (non-hydrogen) atoms. The van der Waals surface area contributed by atoms with Crippen LogP contribution in [-0.4, -0.2) is 4.98 Å². The van der Waals surface area contributed by atoms with Crippen molar-refractivity contribution in [1.29, 1.82) is 0 Å². The first-order valence-corrected chi connectivity index (χ1v) is 5.18. The minimum absolute atomic E-state index is 1.10. The van der Waals surface area contributed by atoms with Gasteiger partial charge in [0.15, 0.2) is 0 Å². The van der Waals surface area contributed by atoms with E-state index in [9.17, 15) is 0 Å². The van der Waals surface area contributed by atoms with Crippen molar-refractivity contribution in [3.8, 4) is 11.3 Å². The zero-order chi connectivity index (χ0) is 10.8. The number of benzene rings is 1. The second kappa shape index (κ2) is 3.85. The molecule has 0 N–H and O–H groups in total. The van der Waals surface area contributed by atoms with Gasteiger partial charge in [0, 0.05) is 11.8 Å². The van der Waals surface area contributed by atoms with Gasteiger partial charge in [-0.1, -0.05) is 30.3 Å². The molecule has 0 atom stereocenters. The summed E-state index contributed by atoms with van der Waals surface area (Å²) in [5.74, 6) is 0. The van der Waals surface area contributed by atoms with Crippen LogP contribution in [0.15, 0.2) is 36.5 Å². The highest BCUT2D eigenvalue weighted by Crippen LogP contribution is 2.24. The second-order valence-corrected chi connectivity index (χ2v) is 3.99. The predicted molar refractivity (Wildman–Crippen MR) is 63.9 cm³/mol. The SMILES string of the molecule is Cc1cnc(-c2ccccc2C)c(C)c1. The molecular weight excluding hydrogens is 182 g/mol. The monoisotopic (exact) mass is 197 g/mol. The minimum Gasteiger partial charge on any atom is -0.256 e. The number of hydrogen-bond acceptors (Lipinski definition) is 1. The van der Waals surface area contributed by atoms with Crippen LogP contribution < -0.4 is 0 Å². The predicted octanol–water partition coefficient (Wildman–Crippen LogP) is 3.67. The number of aromatic nitrogens is 1. The van der Waals surface area contributed by atoms with Gasteiger partial charge in [0.1, 0.15) is 0 Å². The number of aryl methyl sites for hydroxylation is 3. The normalized spacial score (nSPS) is 10.3.